The Kier molecular flexibility index (Phi) is 18.6. The second kappa shape index (κ2) is 20.7. The number of anilines is 1. The van der Waals surface area contributed by atoms with Crippen LogP contribution in [0.1, 0.15) is 146 Å². The van der Waals surface area contributed by atoms with Gasteiger partial charge in [-0.05, 0) is 30.7 Å². The van der Waals surface area contributed by atoms with Crippen molar-refractivity contribution < 1.29 is 18.0 Å². The van der Waals surface area contributed by atoms with Crippen molar-refractivity contribution in [2.45, 2.75) is 142 Å². The van der Waals surface area contributed by atoms with Crippen LogP contribution in [0.15, 0.2) is 24.3 Å². The van der Waals surface area contributed by atoms with E-state index in [1.165, 1.54) is 140 Å². The molecule has 0 saturated heterocycles. The van der Waals surface area contributed by atoms with E-state index in [-0.39, 0.29) is 5.56 Å². The van der Waals surface area contributed by atoms with E-state index in [1.807, 2.05) is 0 Å². The molecule has 0 aliphatic rings. The van der Waals surface area contributed by atoms with Crippen molar-refractivity contribution in [3.63, 3.8) is 0 Å². The highest BCUT2D eigenvalue weighted by atomic mass is 19.4. The molecule has 0 bridgehead atoms. The number of hydrogen-bond donors (Lipinski definition) is 1. The van der Waals surface area contributed by atoms with Gasteiger partial charge in [0.1, 0.15) is 0 Å². The molecule has 0 fully saturated rings. The first kappa shape index (κ1) is 31.5. The van der Waals surface area contributed by atoms with Gasteiger partial charge in [0.2, 0.25) is 0 Å². The molecule has 0 aliphatic heterocycles. The molecule has 0 saturated carbocycles. The quantitative estimate of drug-likeness (QED) is 0.120. The molecule has 5 heteroatoms. The van der Waals surface area contributed by atoms with E-state index < -0.39 is 12.0 Å². The Balaban J connectivity index is 1.82. The second-order valence-corrected chi connectivity index (χ2v) is 10.0. The topological polar surface area (TPSA) is 29.1 Å². The van der Waals surface area contributed by atoms with Gasteiger partial charge in [-0.15, -0.1) is 0 Å². The maximum atomic E-state index is 12.4. The summed E-state index contributed by atoms with van der Waals surface area (Å²) in [5.41, 5.74) is 0.434. The van der Waals surface area contributed by atoms with Gasteiger partial charge in [-0.3, -0.25) is 4.79 Å². The van der Waals surface area contributed by atoms with Crippen LogP contribution in [0.25, 0.3) is 0 Å². The minimum absolute atomic E-state index is 0.318. The Bertz CT molecular complexity index is 627. The van der Waals surface area contributed by atoms with E-state index in [9.17, 15) is 18.0 Å². The first-order chi connectivity index (χ1) is 16.9. The monoisotopic (exact) mass is 497 g/mol. The molecule has 1 aromatic rings. The van der Waals surface area contributed by atoms with Crippen LogP contribution in [0, 0.1) is 0 Å². The third-order valence-electron chi connectivity index (χ3n) is 6.76. The lowest BCUT2D eigenvalue weighted by molar-refractivity contribution is -0.0885. The number of rotatable bonds is 23. The number of hydrogen-bond acceptors (Lipinski definition) is 2. The number of carbonyl (C=O) groups excluding carboxylic acids is 1. The Morgan fingerprint density at radius 2 is 0.943 bits per heavy atom. The SMILES string of the molecule is CCCCCCCCCCCCCCCCCCCCCCNc1ccc(C(=O)C(F)(F)F)cc1. The third kappa shape index (κ3) is 17.5. The van der Waals surface area contributed by atoms with E-state index in [4.69, 9.17) is 0 Å². The Morgan fingerprint density at radius 3 is 1.29 bits per heavy atom. The molecule has 0 radical (unpaired) electrons. The van der Waals surface area contributed by atoms with Crippen LogP contribution in [0.5, 0.6) is 0 Å². The van der Waals surface area contributed by atoms with Gasteiger partial charge >= 0.3 is 6.18 Å². The van der Waals surface area contributed by atoms with Crippen molar-refractivity contribution in [3.05, 3.63) is 29.8 Å². The summed E-state index contributed by atoms with van der Waals surface area (Å²) >= 11 is 0. The van der Waals surface area contributed by atoms with E-state index in [1.54, 1.807) is 0 Å². The number of benzene rings is 1. The Morgan fingerprint density at radius 1 is 0.600 bits per heavy atom. The van der Waals surface area contributed by atoms with E-state index in [2.05, 4.69) is 12.2 Å². The summed E-state index contributed by atoms with van der Waals surface area (Å²) in [7, 11) is 0. The predicted molar refractivity (Wildman–Crippen MR) is 143 cm³/mol. The molecular formula is C30H50F3NO. The maximum absolute atomic E-state index is 12.4. The van der Waals surface area contributed by atoms with Gasteiger partial charge in [-0.25, -0.2) is 0 Å². The highest BCUT2D eigenvalue weighted by Crippen LogP contribution is 2.22. The van der Waals surface area contributed by atoms with E-state index in [0.29, 0.717) is 0 Å². The molecule has 1 N–H and O–H groups in total. The molecule has 1 aromatic carbocycles. The molecular weight excluding hydrogens is 447 g/mol. The zero-order valence-corrected chi connectivity index (χ0v) is 22.2. The summed E-state index contributed by atoms with van der Waals surface area (Å²) in [6.07, 6.45) is 22.3. The number of halogens is 3. The highest BCUT2D eigenvalue weighted by molar-refractivity contribution is 6.00. The van der Waals surface area contributed by atoms with Crippen LogP contribution < -0.4 is 5.32 Å². The van der Waals surface area contributed by atoms with Crippen LogP contribution in [-0.2, 0) is 0 Å². The average molecular weight is 498 g/mol. The summed E-state index contributed by atoms with van der Waals surface area (Å²) in [6.45, 7) is 3.07. The van der Waals surface area contributed by atoms with Crippen molar-refractivity contribution in [2.24, 2.45) is 0 Å². The minimum atomic E-state index is -4.82. The number of carbonyl (C=O) groups is 1. The van der Waals surface area contributed by atoms with Gasteiger partial charge < -0.3 is 5.32 Å². The van der Waals surface area contributed by atoms with Crippen molar-refractivity contribution in [3.8, 4) is 0 Å². The lowest BCUT2D eigenvalue weighted by Crippen LogP contribution is -2.22. The average Bonchev–Trinajstić information content (AvgIpc) is 2.84. The van der Waals surface area contributed by atoms with Crippen LogP contribution in [0.3, 0.4) is 0 Å². The molecule has 1 rings (SSSR count). The van der Waals surface area contributed by atoms with Gasteiger partial charge in [-0.2, -0.15) is 13.2 Å². The molecule has 0 spiro atoms. The first-order valence-corrected chi connectivity index (χ1v) is 14.4. The van der Waals surface area contributed by atoms with Crippen LogP contribution in [0.2, 0.25) is 0 Å². The van der Waals surface area contributed by atoms with Gasteiger partial charge in [-0.1, -0.05) is 129 Å². The largest absolute Gasteiger partial charge is 0.454 e. The van der Waals surface area contributed by atoms with E-state index in [0.717, 1.165) is 25.1 Å². The van der Waals surface area contributed by atoms with Crippen LogP contribution in [-0.4, -0.2) is 18.5 Å². The predicted octanol–water partition coefficient (Wildman–Crippen LogP) is 10.7. The molecule has 2 nitrogen and oxygen atoms in total. The summed E-state index contributed by atoms with van der Waals surface area (Å²) in [6, 6.07) is 5.54. The highest BCUT2D eigenvalue weighted by Gasteiger charge is 2.39. The first-order valence-electron chi connectivity index (χ1n) is 14.4. The van der Waals surface area contributed by atoms with Gasteiger partial charge in [0, 0.05) is 17.8 Å². The van der Waals surface area contributed by atoms with E-state index >= 15 is 0 Å². The molecule has 202 valence electrons. The van der Waals surface area contributed by atoms with Gasteiger partial charge in [0.25, 0.3) is 5.78 Å². The summed E-state index contributed by atoms with van der Waals surface area (Å²) in [5.74, 6) is -1.79. The number of nitrogens with one attached hydrogen (secondary N) is 1. The fourth-order valence-corrected chi connectivity index (χ4v) is 4.52. The minimum Gasteiger partial charge on any atom is -0.385 e. The standard InChI is InChI=1S/C30H50F3NO/c1-2-3-4-5-6-7-8-9-10-11-12-13-14-15-16-17-18-19-20-21-26-34-28-24-22-27(23-25-28)29(35)30(31,32)33/h22-25,34H,2-21,26H2,1H3. The second-order valence-electron chi connectivity index (χ2n) is 10.0. The van der Waals surface area contributed by atoms with Gasteiger partial charge in [0.15, 0.2) is 0 Å². The van der Waals surface area contributed by atoms with Crippen LogP contribution in [0.4, 0.5) is 18.9 Å². The molecule has 0 aromatic heterocycles. The normalized spacial score (nSPS) is 11.7. The molecule has 35 heavy (non-hydrogen) atoms. The van der Waals surface area contributed by atoms with Crippen molar-refractivity contribution in [2.75, 3.05) is 11.9 Å². The Hall–Kier alpha value is -1.52. The number of alkyl halides is 3. The summed E-state index contributed by atoms with van der Waals surface area (Å²) < 4.78 is 37.3. The van der Waals surface area contributed by atoms with Crippen molar-refractivity contribution >= 4 is 11.5 Å². The van der Waals surface area contributed by atoms with Crippen molar-refractivity contribution in [1.82, 2.24) is 0 Å². The lowest BCUT2D eigenvalue weighted by atomic mass is 10.0. The number of unbranched alkanes of at least 4 members (excludes halogenated alkanes) is 19. The maximum Gasteiger partial charge on any atom is 0.454 e. The molecule has 0 atom stereocenters. The van der Waals surface area contributed by atoms with Crippen molar-refractivity contribution in [1.29, 1.82) is 0 Å². The fourth-order valence-electron chi connectivity index (χ4n) is 4.52. The number of ketones is 1. The third-order valence-corrected chi connectivity index (χ3v) is 6.76. The fraction of sp³-hybridized carbons (Fsp3) is 0.767. The zero-order chi connectivity index (χ0) is 25.6. The van der Waals surface area contributed by atoms with Crippen LogP contribution >= 0.6 is 0 Å². The van der Waals surface area contributed by atoms with Gasteiger partial charge in [0.05, 0.1) is 0 Å². The number of Topliss-reactive ketones (excluding diaryl/α,β-unsaturated/α-hetero) is 1. The lowest BCUT2D eigenvalue weighted by Gasteiger charge is -2.08. The summed E-state index contributed by atoms with van der Waals surface area (Å²) in [5, 5.41) is 3.22. The molecule has 0 heterocycles. The Labute approximate surface area is 212 Å². The summed E-state index contributed by atoms with van der Waals surface area (Å²) in [4.78, 5) is 11.2. The molecule has 0 unspecified atom stereocenters. The smallest absolute Gasteiger partial charge is 0.385 e. The molecule has 0 aliphatic carbocycles. The molecule has 0 amide bonds. The zero-order valence-electron chi connectivity index (χ0n) is 22.2.